The SMILES string of the molecule is Cc1ccc(CC(=O)Nc2ccc3c(c2)sc(=O)n3C(C)C)c(C)c1. The first kappa shape index (κ1) is 17.4. The standard InChI is InChI=1S/C20H22N2O2S/c1-12(2)22-17-8-7-16(11-18(17)25-20(22)24)21-19(23)10-15-6-5-13(3)9-14(15)4/h5-9,11-12H,10H2,1-4H3,(H,21,23). The van der Waals surface area contributed by atoms with Crippen molar-refractivity contribution in [2.24, 2.45) is 0 Å². The molecule has 1 heterocycles. The predicted molar refractivity (Wildman–Crippen MR) is 105 cm³/mol. The maximum atomic E-state index is 12.4. The van der Waals surface area contributed by atoms with Crippen molar-refractivity contribution in [2.45, 2.75) is 40.2 Å². The summed E-state index contributed by atoms with van der Waals surface area (Å²) in [5.74, 6) is -0.0538. The third-order valence-corrected chi connectivity index (χ3v) is 5.18. The third kappa shape index (κ3) is 3.66. The van der Waals surface area contributed by atoms with E-state index >= 15 is 0 Å². The number of nitrogens with zero attached hydrogens (tertiary/aromatic N) is 1. The van der Waals surface area contributed by atoms with E-state index in [1.807, 2.05) is 58.0 Å². The second-order valence-corrected chi connectivity index (χ2v) is 7.66. The molecule has 2 aromatic carbocycles. The highest BCUT2D eigenvalue weighted by Crippen LogP contribution is 2.24. The smallest absolute Gasteiger partial charge is 0.308 e. The molecule has 0 aliphatic carbocycles. The Morgan fingerprint density at radius 3 is 2.60 bits per heavy atom. The average Bonchev–Trinajstić information content (AvgIpc) is 2.85. The van der Waals surface area contributed by atoms with Crippen molar-refractivity contribution < 1.29 is 4.79 Å². The van der Waals surface area contributed by atoms with Gasteiger partial charge >= 0.3 is 4.87 Å². The Morgan fingerprint density at radius 1 is 1.16 bits per heavy atom. The normalized spacial score (nSPS) is 11.2. The Hall–Kier alpha value is -2.40. The van der Waals surface area contributed by atoms with Gasteiger partial charge in [0.1, 0.15) is 0 Å². The number of carbonyl (C=O) groups excluding carboxylic acids is 1. The van der Waals surface area contributed by atoms with Crippen LogP contribution in [-0.2, 0) is 11.2 Å². The summed E-state index contributed by atoms with van der Waals surface area (Å²) in [5.41, 5.74) is 4.98. The largest absolute Gasteiger partial charge is 0.326 e. The zero-order chi connectivity index (χ0) is 18.1. The van der Waals surface area contributed by atoms with Crippen molar-refractivity contribution >= 4 is 33.1 Å². The van der Waals surface area contributed by atoms with E-state index in [0.29, 0.717) is 6.42 Å². The van der Waals surface area contributed by atoms with Crippen molar-refractivity contribution in [3.63, 3.8) is 0 Å². The molecule has 4 nitrogen and oxygen atoms in total. The average molecular weight is 354 g/mol. The van der Waals surface area contributed by atoms with Crippen LogP contribution in [0.2, 0.25) is 0 Å². The lowest BCUT2D eigenvalue weighted by Gasteiger charge is -2.10. The molecule has 0 atom stereocenters. The van der Waals surface area contributed by atoms with Crippen LogP contribution in [0.5, 0.6) is 0 Å². The van der Waals surface area contributed by atoms with E-state index in [9.17, 15) is 9.59 Å². The molecule has 0 unspecified atom stereocenters. The number of carbonyl (C=O) groups is 1. The zero-order valence-electron chi connectivity index (χ0n) is 14.9. The number of aromatic nitrogens is 1. The van der Waals surface area contributed by atoms with Gasteiger partial charge in [0, 0.05) is 11.7 Å². The number of thiazole rings is 1. The van der Waals surface area contributed by atoms with Gasteiger partial charge in [-0.2, -0.15) is 0 Å². The first-order valence-electron chi connectivity index (χ1n) is 8.36. The molecule has 0 spiro atoms. The van der Waals surface area contributed by atoms with Crippen LogP contribution in [0.4, 0.5) is 5.69 Å². The summed E-state index contributed by atoms with van der Waals surface area (Å²) in [4.78, 5) is 24.5. The third-order valence-electron chi connectivity index (χ3n) is 4.26. The summed E-state index contributed by atoms with van der Waals surface area (Å²) < 4.78 is 2.67. The van der Waals surface area contributed by atoms with Crippen molar-refractivity contribution in [1.82, 2.24) is 4.57 Å². The monoisotopic (exact) mass is 354 g/mol. The maximum absolute atomic E-state index is 12.4. The van der Waals surface area contributed by atoms with Crippen LogP contribution in [0.25, 0.3) is 10.2 Å². The molecule has 1 amide bonds. The highest BCUT2D eigenvalue weighted by atomic mass is 32.1. The van der Waals surface area contributed by atoms with Gasteiger partial charge in [-0.3, -0.25) is 14.2 Å². The Balaban J connectivity index is 1.80. The molecular weight excluding hydrogens is 332 g/mol. The molecule has 0 bridgehead atoms. The van der Waals surface area contributed by atoms with Crippen LogP contribution < -0.4 is 10.2 Å². The Kier molecular flexibility index (Phi) is 4.77. The summed E-state index contributed by atoms with van der Waals surface area (Å²) in [6, 6.07) is 11.9. The van der Waals surface area contributed by atoms with Gasteiger partial charge in [0.25, 0.3) is 0 Å². The summed E-state index contributed by atoms with van der Waals surface area (Å²) >= 11 is 1.21. The van der Waals surface area contributed by atoms with Gasteiger partial charge in [0.05, 0.1) is 16.6 Å². The van der Waals surface area contributed by atoms with Crippen LogP contribution in [0, 0.1) is 13.8 Å². The van der Waals surface area contributed by atoms with E-state index in [2.05, 4.69) is 11.4 Å². The van der Waals surface area contributed by atoms with Gasteiger partial charge in [0.15, 0.2) is 0 Å². The fraction of sp³-hybridized carbons (Fsp3) is 0.300. The first-order chi connectivity index (χ1) is 11.8. The molecule has 130 valence electrons. The predicted octanol–water partition coefficient (Wildman–Crippen LogP) is 4.44. The van der Waals surface area contributed by atoms with E-state index in [-0.39, 0.29) is 16.8 Å². The number of aryl methyl sites for hydroxylation is 2. The second-order valence-electron chi connectivity index (χ2n) is 6.67. The molecular formula is C20H22N2O2S. The molecule has 5 heteroatoms. The Morgan fingerprint density at radius 2 is 1.92 bits per heavy atom. The number of anilines is 1. The first-order valence-corrected chi connectivity index (χ1v) is 9.18. The number of hydrogen-bond acceptors (Lipinski definition) is 3. The molecule has 3 aromatic rings. The molecule has 3 rings (SSSR count). The summed E-state index contributed by atoms with van der Waals surface area (Å²) in [7, 11) is 0. The summed E-state index contributed by atoms with van der Waals surface area (Å²) in [6.45, 7) is 8.05. The second kappa shape index (κ2) is 6.84. The number of hydrogen-bond donors (Lipinski definition) is 1. The minimum Gasteiger partial charge on any atom is -0.326 e. The fourth-order valence-electron chi connectivity index (χ4n) is 3.03. The minimum absolute atomic E-state index is 0.0313. The van der Waals surface area contributed by atoms with E-state index in [4.69, 9.17) is 0 Å². The van der Waals surface area contributed by atoms with Gasteiger partial charge < -0.3 is 5.32 Å². The van der Waals surface area contributed by atoms with Crippen LogP contribution in [0.3, 0.4) is 0 Å². The van der Waals surface area contributed by atoms with Gasteiger partial charge in [-0.1, -0.05) is 35.1 Å². The molecule has 25 heavy (non-hydrogen) atoms. The van der Waals surface area contributed by atoms with Crippen LogP contribution >= 0.6 is 11.3 Å². The van der Waals surface area contributed by atoms with E-state index in [1.165, 1.54) is 16.9 Å². The minimum atomic E-state index is -0.0538. The van der Waals surface area contributed by atoms with Crippen molar-refractivity contribution in [3.05, 3.63) is 62.8 Å². The molecule has 0 aliphatic rings. The Labute approximate surface area is 151 Å². The summed E-state index contributed by atoms with van der Waals surface area (Å²) in [6.07, 6.45) is 0.341. The van der Waals surface area contributed by atoms with Crippen LogP contribution in [-0.4, -0.2) is 10.5 Å². The molecule has 0 radical (unpaired) electrons. The number of amides is 1. The molecule has 0 saturated heterocycles. The van der Waals surface area contributed by atoms with Crippen LogP contribution in [0.15, 0.2) is 41.2 Å². The molecule has 1 N–H and O–H groups in total. The molecule has 0 saturated carbocycles. The maximum Gasteiger partial charge on any atom is 0.308 e. The number of rotatable bonds is 4. The molecule has 0 aliphatic heterocycles. The quantitative estimate of drug-likeness (QED) is 0.753. The summed E-state index contributed by atoms with van der Waals surface area (Å²) in [5, 5.41) is 2.94. The molecule has 0 fully saturated rings. The van der Waals surface area contributed by atoms with E-state index < -0.39 is 0 Å². The van der Waals surface area contributed by atoms with Gasteiger partial charge in [-0.15, -0.1) is 0 Å². The lowest BCUT2D eigenvalue weighted by molar-refractivity contribution is -0.115. The topological polar surface area (TPSA) is 51.1 Å². The molecule has 1 aromatic heterocycles. The van der Waals surface area contributed by atoms with E-state index in [0.717, 1.165) is 27.0 Å². The van der Waals surface area contributed by atoms with Crippen molar-refractivity contribution in [2.75, 3.05) is 5.32 Å². The number of fused-ring (bicyclic) bond motifs is 1. The Bertz CT molecular complexity index is 999. The van der Waals surface area contributed by atoms with Gasteiger partial charge in [-0.25, -0.2) is 0 Å². The highest BCUT2D eigenvalue weighted by molar-refractivity contribution is 7.16. The van der Waals surface area contributed by atoms with E-state index in [1.54, 1.807) is 4.57 Å². The number of nitrogens with one attached hydrogen (secondary N) is 1. The number of benzene rings is 2. The van der Waals surface area contributed by atoms with Gasteiger partial charge in [-0.05, 0) is 57.0 Å². The lowest BCUT2D eigenvalue weighted by Crippen LogP contribution is -2.15. The van der Waals surface area contributed by atoms with Gasteiger partial charge in [0.2, 0.25) is 5.91 Å². The highest BCUT2D eigenvalue weighted by Gasteiger charge is 2.12. The van der Waals surface area contributed by atoms with Crippen LogP contribution in [0.1, 0.15) is 36.6 Å². The fourth-order valence-corrected chi connectivity index (χ4v) is 4.08. The van der Waals surface area contributed by atoms with Crippen molar-refractivity contribution in [1.29, 1.82) is 0 Å². The lowest BCUT2D eigenvalue weighted by atomic mass is 10.0. The zero-order valence-corrected chi connectivity index (χ0v) is 15.7. The van der Waals surface area contributed by atoms with Crippen molar-refractivity contribution in [3.8, 4) is 0 Å².